The number of hydrogen-bond acceptors (Lipinski definition) is 3. The first-order valence-corrected chi connectivity index (χ1v) is 6.59. The molecule has 5 nitrogen and oxygen atoms in total. The molecule has 21 heavy (non-hydrogen) atoms. The van der Waals surface area contributed by atoms with Crippen molar-refractivity contribution in [3.8, 4) is 0 Å². The Balaban J connectivity index is 2.36. The molecule has 1 N–H and O–H groups in total. The molecular formula is C14H17F2N3O2. The van der Waals surface area contributed by atoms with E-state index in [9.17, 15) is 13.6 Å². The van der Waals surface area contributed by atoms with E-state index in [-0.39, 0.29) is 18.8 Å². The van der Waals surface area contributed by atoms with Gasteiger partial charge in [0.15, 0.2) is 0 Å². The summed E-state index contributed by atoms with van der Waals surface area (Å²) in [6, 6.07) is 6.30. The minimum absolute atomic E-state index is 0.0459. The molecule has 2 rings (SSSR count). The van der Waals surface area contributed by atoms with E-state index >= 15 is 0 Å². The molecule has 0 aliphatic rings. The average Bonchev–Trinajstić information content (AvgIpc) is 2.83. The van der Waals surface area contributed by atoms with Crippen molar-refractivity contribution < 1.29 is 18.7 Å². The van der Waals surface area contributed by atoms with Crippen LogP contribution >= 0.6 is 0 Å². The Morgan fingerprint density at radius 1 is 1.43 bits per heavy atom. The molecule has 0 saturated heterocycles. The molecule has 0 bridgehead atoms. The Morgan fingerprint density at radius 2 is 2.10 bits per heavy atom. The lowest BCUT2D eigenvalue weighted by molar-refractivity contribution is -0.137. The predicted octanol–water partition coefficient (Wildman–Crippen LogP) is 2.90. The summed E-state index contributed by atoms with van der Waals surface area (Å²) in [5, 5.41) is 8.70. The number of benzene rings is 1. The molecule has 0 saturated carbocycles. The number of carboxylic acid groups (broad SMARTS) is 1. The molecular weight excluding hydrogens is 280 g/mol. The van der Waals surface area contributed by atoms with Crippen molar-refractivity contribution >= 4 is 17.0 Å². The molecule has 0 amide bonds. The van der Waals surface area contributed by atoms with Gasteiger partial charge in [0.25, 0.3) is 0 Å². The zero-order valence-corrected chi connectivity index (χ0v) is 11.8. The van der Waals surface area contributed by atoms with E-state index in [0.717, 1.165) is 4.57 Å². The van der Waals surface area contributed by atoms with Crippen molar-refractivity contribution in [1.82, 2.24) is 14.5 Å². The summed E-state index contributed by atoms with van der Waals surface area (Å²) in [7, 11) is 1.70. The summed E-state index contributed by atoms with van der Waals surface area (Å²) in [5.74, 6) is -0.685. The van der Waals surface area contributed by atoms with Crippen LogP contribution in [-0.4, -0.2) is 39.1 Å². The SMILES string of the molecule is CC(c1nc2ccccc2n1C(F)F)N(C)CCC(=O)O. The van der Waals surface area contributed by atoms with Crippen LogP contribution in [0.2, 0.25) is 0 Å². The number of rotatable bonds is 6. The number of aliphatic carboxylic acids is 1. The average molecular weight is 297 g/mol. The Hall–Kier alpha value is -2.02. The second-order valence-electron chi connectivity index (χ2n) is 4.91. The number of carboxylic acids is 1. The van der Waals surface area contributed by atoms with Gasteiger partial charge in [-0.15, -0.1) is 0 Å². The Labute approximate surface area is 120 Å². The topological polar surface area (TPSA) is 58.4 Å². The quantitative estimate of drug-likeness (QED) is 0.890. The van der Waals surface area contributed by atoms with Gasteiger partial charge in [0.05, 0.1) is 23.5 Å². The third-order valence-corrected chi connectivity index (χ3v) is 3.53. The van der Waals surface area contributed by atoms with Crippen LogP contribution in [0.25, 0.3) is 11.0 Å². The maximum absolute atomic E-state index is 13.3. The number of para-hydroxylation sites is 2. The van der Waals surface area contributed by atoms with Gasteiger partial charge < -0.3 is 5.11 Å². The zero-order chi connectivity index (χ0) is 15.6. The highest BCUT2D eigenvalue weighted by molar-refractivity contribution is 5.76. The molecule has 0 aliphatic carbocycles. The minimum Gasteiger partial charge on any atom is -0.481 e. The number of fused-ring (bicyclic) bond motifs is 1. The number of aromatic nitrogens is 2. The standard InChI is InChI=1S/C14H17F2N3O2/c1-9(18(2)8-7-12(20)21)13-17-10-5-3-4-6-11(10)19(13)14(15)16/h3-6,9,14H,7-8H2,1-2H3,(H,20,21). The largest absolute Gasteiger partial charge is 0.481 e. The molecule has 1 heterocycles. The van der Waals surface area contributed by atoms with E-state index in [4.69, 9.17) is 5.11 Å². The van der Waals surface area contributed by atoms with E-state index in [1.165, 1.54) is 0 Å². The van der Waals surface area contributed by atoms with Gasteiger partial charge in [0, 0.05) is 6.54 Å². The Morgan fingerprint density at radius 3 is 2.71 bits per heavy atom. The van der Waals surface area contributed by atoms with Crippen molar-refractivity contribution in [2.75, 3.05) is 13.6 Å². The maximum Gasteiger partial charge on any atom is 0.320 e. The summed E-state index contributed by atoms with van der Waals surface area (Å²) in [5.41, 5.74) is 0.882. The van der Waals surface area contributed by atoms with Crippen molar-refractivity contribution in [2.24, 2.45) is 0 Å². The molecule has 114 valence electrons. The summed E-state index contributed by atoms with van der Waals surface area (Å²) in [6.07, 6.45) is -0.0459. The lowest BCUT2D eigenvalue weighted by atomic mass is 10.2. The molecule has 1 unspecified atom stereocenters. The second kappa shape index (κ2) is 6.17. The first-order chi connectivity index (χ1) is 9.91. The van der Waals surface area contributed by atoms with Crippen LogP contribution in [0.15, 0.2) is 24.3 Å². The Bertz CT molecular complexity index is 642. The van der Waals surface area contributed by atoms with Crippen molar-refractivity contribution in [3.63, 3.8) is 0 Å². The van der Waals surface area contributed by atoms with E-state index in [1.807, 2.05) is 0 Å². The molecule has 1 atom stereocenters. The van der Waals surface area contributed by atoms with Gasteiger partial charge >= 0.3 is 12.5 Å². The van der Waals surface area contributed by atoms with E-state index in [0.29, 0.717) is 11.0 Å². The Kier molecular flexibility index (Phi) is 4.52. The molecule has 1 aromatic heterocycles. The number of alkyl halides is 2. The van der Waals surface area contributed by atoms with E-state index < -0.39 is 18.6 Å². The van der Waals surface area contributed by atoms with Crippen LogP contribution < -0.4 is 0 Å². The molecule has 1 aromatic carbocycles. The van der Waals surface area contributed by atoms with Gasteiger partial charge in [0.1, 0.15) is 5.82 Å². The number of carbonyl (C=O) groups is 1. The third kappa shape index (κ3) is 3.18. The molecule has 0 radical (unpaired) electrons. The highest BCUT2D eigenvalue weighted by atomic mass is 19.3. The van der Waals surface area contributed by atoms with Gasteiger partial charge in [-0.2, -0.15) is 8.78 Å². The monoisotopic (exact) mass is 297 g/mol. The number of halogens is 2. The van der Waals surface area contributed by atoms with Crippen molar-refractivity contribution in [1.29, 1.82) is 0 Å². The summed E-state index contributed by atoms with van der Waals surface area (Å²) in [4.78, 5) is 16.6. The fourth-order valence-corrected chi connectivity index (χ4v) is 2.23. The van der Waals surface area contributed by atoms with E-state index in [2.05, 4.69) is 4.98 Å². The van der Waals surface area contributed by atoms with Gasteiger partial charge in [-0.05, 0) is 26.1 Å². The summed E-state index contributed by atoms with van der Waals surface area (Å²) in [6.45, 7) is -0.687. The normalized spacial score (nSPS) is 13.2. The molecule has 2 aromatic rings. The lowest BCUT2D eigenvalue weighted by Gasteiger charge is -2.24. The summed E-state index contributed by atoms with van der Waals surface area (Å²) < 4.78 is 27.6. The van der Waals surface area contributed by atoms with Crippen LogP contribution in [0.5, 0.6) is 0 Å². The number of hydrogen-bond donors (Lipinski definition) is 1. The van der Waals surface area contributed by atoms with Crippen LogP contribution in [0.3, 0.4) is 0 Å². The third-order valence-electron chi connectivity index (χ3n) is 3.53. The minimum atomic E-state index is -2.69. The summed E-state index contributed by atoms with van der Waals surface area (Å²) >= 11 is 0. The maximum atomic E-state index is 13.3. The van der Waals surface area contributed by atoms with Crippen LogP contribution in [-0.2, 0) is 4.79 Å². The fourth-order valence-electron chi connectivity index (χ4n) is 2.23. The molecule has 0 aliphatic heterocycles. The van der Waals surface area contributed by atoms with Gasteiger partial charge in [-0.25, -0.2) is 4.98 Å². The second-order valence-corrected chi connectivity index (χ2v) is 4.91. The van der Waals surface area contributed by atoms with Gasteiger partial charge in [-0.1, -0.05) is 12.1 Å². The number of nitrogens with zero attached hydrogens (tertiary/aromatic N) is 3. The lowest BCUT2D eigenvalue weighted by Crippen LogP contribution is -2.27. The smallest absolute Gasteiger partial charge is 0.320 e. The molecule has 0 spiro atoms. The van der Waals surface area contributed by atoms with Crippen LogP contribution in [0.1, 0.15) is 31.8 Å². The molecule has 0 fully saturated rings. The first kappa shape index (κ1) is 15.4. The number of imidazole rings is 1. The predicted molar refractivity (Wildman–Crippen MR) is 74.3 cm³/mol. The van der Waals surface area contributed by atoms with Gasteiger partial charge in [-0.3, -0.25) is 14.3 Å². The highest BCUT2D eigenvalue weighted by Gasteiger charge is 2.24. The molecule has 7 heteroatoms. The van der Waals surface area contributed by atoms with Crippen LogP contribution in [0.4, 0.5) is 8.78 Å². The zero-order valence-electron chi connectivity index (χ0n) is 11.8. The van der Waals surface area contributed by atoms with Crippen molar-refractivity contribution in [3.05, 3.63) is 30.1 Å². The fraction of sp³-hybridized carbons (Fsp3) is 0.429. The van der Waals surface area contributed by atoms with Crippen molar-refractivity contribution in [2.45, 2.75) is 25.9 Å². The first-order valence-electron chi connectivity index (χ1n) is 6.59. The highest BCUT2D eigenvalue weighted by Crippen LogP contribution is 2.28. The van der Waals surface area contributed by atoms with Crippen LogP contribution in [0, 0.1) is 0 Å². The van der Waals surface area contributed by atoms with E-state index in [1.54, 1.807) is 43.1 Å². The van der Waals surface area contributed by atoms with Gasteiger partial charge in [0.2, 0.25) is 0 Å².